The second-order valence-electron chi connectivity index (χ2n) is 4.52. The quantitative estimate of drug-likeness (QED) is 0.817. The van der Waals surface area contributed by atoms with E-state index in [2.05, 4.69) is 39.4 Å². The Kier molecular flexibility index (Phi) is 5.29. The summed E-state index contributed by atoms with van der Waals surface area (Å²) in [6.07, 6.45) is 6.43. The molecule has 0 aliphatic carbocycles. The number of hydrogen-bond acceptors (Lipinski definition) is 6. The molecule has 2 aromatic heterocycles. The van der Waals surface area contributed by atoms with Crippen LogP contribution in [-0.2, 0) is 6.42 Å². The SMILES string of the molecule is CCCc1c(NC)ncnc1NC(CC)c1nccs1. The van der Waals surface area contributed by atoms with Crippen molar-refractivity contribution >= 4 is 23.0 Å². The Morgan fingerprint density at radius 2 is 2.00 bits per heavy atom. The molecule has 0 radical (unpaired) electrons. The third-order valence-corrected chi connectivity index (χ3v) is 4.04. The highest BCUT2D eigenvalue weighted by Crippen LogP contribution is 2.27. The van der Waals surface area contributed by atoms with Gasteiger partial charge in [0.05, 0.1) is 6.04 Å². The maximum absolute atomic E-state index is 4.42. The molecule has 0 saturated heterocycles. The molecule has 0 saturated carbocycles. The van der Waals surface area contributed by atoms with Crippen LogP contribution in [0.15, 0.2) is 17.9 Å². The van der Waals surface area contributed by atoms with Gasteiger partial charge < -0.3 is 10.6 Å². The van der Waals surface area contributed by atoms with Crippen molar-refractivity contribution in [1.29, 1.82) is 0 Å². The van der Waals surface area contributed by atoms with E-state index in [-0.39, 0.29) is 6.04 Å². The summed E-state index contributed by atoms with van der Waals surface area (Å²) in [6, 6.07) is 0.199. The van der Waals surface area contributed by atoms with Crippen LogP contribution in [0.2, 0.25) is 0 Å². The van der Waals surface area contributed by atoms with Gasteiger partial charge in [-0.3, -0.25) is 0 Å². The van der Waals surface area contributed by atoms with E-state index in [0.29, 0.717) is 0 Å². The van der Waals surface area contributed by atoms with Crippen LogP contribution >= 0.6 is 11.3 Å². The molecule has 2 aromatic rings. The Balaban J connectivity index is 2.27. The maximum Gasteiger partial charge on any atom is 0.135 e. The van der Waals surface area contributed by atoms with Crippen molar-refractivity contribution in [2.24, 2.45) is 0 Å². The second kappa shape index (κ2) is 7.19. The minimum atomic E-state index is 0.199. The van der Waals surface area contributed by atoms with E-state index < -0.39 is 0 Å². The van der Waals surface area contributed by atoms with E-state index in [1.807, 2.05) is 18.6 Å². The molecule has 1 atom stereocenters. The van der Waals surface area contributed by atoms with Crippen LogP contribution in [0.3, 0.4) is 0 Å². The Labute approximate surface area is 123 Å². The zero-order valence-electron chi connectivity index (χ0n) is 12.2. The third-order valence-electron chi connectivity index (χ3n) is 3.15. The number of aromatic nitrogens is 3. The van der Waals surface area contributed by atoms with Crippen molar-refractivity contribution in [3.63, 3.8) is 0 Å². The monoisotopic (exact) mass is 291 g/mol. The molecule has 5 nitrogen and oxygen atoms in total. The Morgan fingerprint density at radius 1 is 1.20 bits per heavy atom. The van der Waals surface area contributed by atoms with Crippen LogP contribution in [0.1, 0.15) is 43.3 Å². The van der Waals surface area contributed by atoms with Crippen molar-refractivity contribution in [2.75, 3.05) is 17.7 Å². The summed E-state index contributed by atoms with van der Waals surface area (Å²) in [4.78, 5) is 13.1. The highest BCUT2D eigenvalue weighted by Gasteiger charge is 2.16. The first kappa shape index (κ1) is 14.7. The number of nitrogens with one attached hydrogen (secondary N) is 2. The molecule has 0 aromatic carbocycles. The molecule has 2 rings (SSSR count). The maximum atomic E-state index is 4.42. The lowest BCUT2D eigenvalue weighted by Crippen LogP contribution is -2.14. The van der Waals surface area contributed by atoms with Crippen molar-refractivity contribution in [1.82, 2.24) is 15.0 Å². The summed E-state index contributed by atoms with van der Waals surface area (Å²) in [5.74, 6) is 1.81. The van der Waals surface area contributed by atoms with Crippen LogP contribution in [0.5, 0.6) is 0 Å². The van der Waals surface area contributed by atoms with Gasteiger partial charge in [-0.1, -0.05) is 20.3 Å². The topological polar surface area (TPSA) is 62.7 Å². The van der Waals surface area contributed by atoms with E-state index in [1.54, 1.807) is 17.7 Å². The molecule has 6 heteroatoms. The summed E-state index contributed by atoms with van der Waals surface area (Å²) >= 11 is 1.67. The van der Waals surface area contributed by atoms with E-state index in [4.69, 9.17) is 0 Å². The van der Waals surface area contributed by atoms with E-state index in [0.717, 1.165) is 41.5 Å². The molecule has 0 aliphatic rings. The van der Waals surface area contributed by atoms with Crippen molar-refractivity contribution < 1.29 is 0 Å². The minimum absolute atomic E-state index is 0.199. The van der Waals surface area contributed by atoms with Crippen LogP contribution in [0.25, 0.3) is 0 Å². The lowest BCUT2D eigenvalue weighted by molar-refractivity contribution is 0.732. The van der Waals surface area contributed by atoms with Gasteiger partial charge >= 0.3 is 0 Å². The summed E-state index contributed by atoms with van der Waals surface area (Å²) in [5.41, 5.74) is 1.15. The Morgan fingerprint density at radius 3 is 2.60 bits per heavy atom. The average Bonchev–Trinajstić information content (AvgIpc) is 3.00. The van der Waals surface area contributed by atoms with Crippen molar-refractivity contribution in [2.45, 2.75) is 39.2 Å². The normalized spacial score (nSPS) is 12.2. The third kappa shape index (κ3) is 3.25. The molecule has 108 valence electrons. The Bertz CT molecular complexity index is 526. The second-order valence-corrected chi connectivity index (χ2v) is 5.45. The molecule has 0 aliphatic heterocycles. The molecule has 0 bridgehead atoms. The van der Waals surface area contributed by atoms with E-state index in [9.17, 15) is 0 Å². The number of rotatable bonds is 7. The molecule has 1 unspecified atom stereocenters. The molecular weight excluding hydrogens is 270 g/mol. The fraction of sp³-hybridized carbons (Fsp3) is 0.500. The summed E-state index contributed by atoms with van der Waals surface area (Å²) in [5, 5.41) is 9.76. The van der Waals surface area contributed by atoms with Gasteiger partial charge in [-0.25, -0.2) is 15.0 Å². The van der Waals surface area contributed by atoms with Crippen molar-refractivity contribution in [3.05, 3.63) is 28.5 Å². The van der Waals surface area contributed by atoms with Gasteiger partial charge in [0.2, 0.25) is 0 Å². The van der Waals surface area contributed by atoms with Gasteiger partial charge in [0.15, 0.2) is 0 Å². The summed E-state index contributed by atoms with van der Waals surface area (Å²) in [7, 11) is 1.89. The molecule has 2 heterocycles. The molecule has 0 fully saturated rings. The molecule has 0 amide bonds. The van der Waals surface area contributed by atoms with E-state index in [1.165, 1.54) is 0 Å². The smallest absolute Gasteiger partial charge is 0.135 e. The van der Waals surface area contributed by atoms with Gasteiger partial charge in [0.25, 0.3) is 0 Å². The highest BCUT2D eigenvalue weighted by atomic mass is 32.1. The summed E-state index contributed by atoms with van der Waals surface area (Å²) in [6.45, 7) is 4.31. The number of nitrogens with zero attached hydrogens (tertiary/aromatic N) is 3. The van der Waals surface area contributed by atoms with Crippen molar-refractivity contribution in [3.8, 4) is 0 Å². The lowest BCUT2D eigenvalue weighted by atomic mass is 10.1. The fourth-order valence-corrected chi connectivity index (χ4v) is 2.92. The van der Waals surface area contributed by atoms with Gasteiger partial charge in [0, 0.05) is 24.2 Å². The van der Waals surface area contributed by atoms with Crippen LogP contribution in [0, 0.1) is 0 Å². The fourth-order valence-electron chi connectivity index (χ4n) is 2.15. The zero-order chi connectivity index (χ0) is 14.4. The van der Waals surface area contributed by atoms with Gasteiger partial charge in [0.1, 0.15) is 23.0 Å². The van der Waals surface area contributed by atoms with Crippen LogP contribution < -0.4 is 10.6 Å². The number of thiazole rings is 1. The van der Waals surface area contributed by atoms with Crippen LogP contribution in [0.4, 0.5) is 11.6 Å². The molecular formula is C14H21N5S. The van der Waals surface area contributed by atoms with Gasteiger partial charge in [-0.15, -0.1) is 11.3 Å². The van der Waals surface area contributed by atoms with Gasteiger partial charge in [-0.05, 0) is 12.8 Å². The first-order valence-corrected chi connectivity index (χ1v) is 7.85. The highest BCUT2D eigenvalue weighted by molar-refractivity contribution is 7.09. The first-order chi connectivity index (χ1) is 9.80. The predicted molar refractivity (Wildman–Crippen MR) is 84.3 cm³/mol. The summed E-state index contributed by atoms with van der Waals surface area (Å²) < 4.78 is 0. The lowest BCUT2D eigenvalue weighted by Gasteiger charge is -2.19. The predicted octanol–water partition coefficient (Wildman–Crippen LogP) is 3.49. The molecule has 0 spiro atoms. The largest absolute Gasteiger partial charge is 0.373 e. The average molecular weight is 291 g/mol. The Hall–Kier alpha value is -1.69. The molecule has 20 heavy (non-hydrogen) atoms. The van der Waals surface area contributed by atoms with Gasteiger partial charge in [-0.2, -0.15) is 0 Å². The minimum Gasteiger partial charge on any atom is -0.373 e. The number of hydrogen-bond donors (Lipinski definition) is 2. The molecule has 2 N–H and O–H groups in total. The first-order valence-electron chi connectivity index (χ1n) is 6.97. The standard InChI is InChI=1S/C14H21N5S/c1-4-6-10-12(15-3)17-9-18-13(10)19-11(5-2)14-16-7-8-20-14/h7-9,11H,4-6H2,1-3H3,(H2,15,17,18,19). The van der Waals surface area contributed by atoms with E-state index >= 15 is 0 Å². The zero-order valence-corrected chi connectivity index (χ0v) is 13.0. The number of anilines is 2. The van der Waals surface area contributed by atoms with Crippen LogP contribution in [-0.4, -0.2) is 22.0 Å².